The van der Waals surface area contributed by atoms with E-state index in [1.54, 1.807) is 41.0 Å². The average molecular weight is 461 g/mol. The molecule has 0 aliphatic rings. The summed E-state index contributed by atoms with van der Waals surface area (Å²) in [5.74, 6) is -0.787. The van der Waals surface area contributed by atoms with Crippen molar-refractivity contribution in [1.82, 2.24) is 29.3 Å². The maximum absolute atomic E-state index is 13.4. The molecule has 5 aromatic rings. The molecule has 0 unspecified atom stereocenters. The molecule has 2 aromatic carbocycles. The van der Waals surface area contributed by atoms with Crippen LogP contribution in [0.4, 0.5) is 10.1 Å². The Labute approximate surface area is 190 Å². The Morgan fingerprint density at radius 2 is 1.88 bits per heavy atom. The van der Waals surface area contributed by atoms with E-state index in [-0.39, 0.29) is 17.1 Å². The number of halogens is 1. The Morgan fingerprint density at radius 3 is 2.67 bits per heavy atom. The largest absolute Gasteiger partial charge is 0.319 e. The minimum atomic E-state index is -0.415. The lowest BCUT2D eigenvalue weighted by molar-refractivity contribution is 0.102. The van der Waals surface area contributed by atoms with Crippen LogP contribution in [0.2, 0.25) is 0 Å². The van der Waals surface area contributed by atoms with E-state index in [1.807, 2.05) is 6.26 Å². The van der Waals surface area contributed by atoms with E-state index < -0.39 is 5.91 Å². The van der Waals surface area contributed by atoms with E-state index in [2.05, 4.69) is 25.4 Å². The number of carbonyl (C=O) groups excluding carboxylic acids is 1. The van der Waals surface area contributed by atoms with Crippen LogP contribution in [0.25, 0.3) is 22.4 Å². The zero-order valence-corrected chi connectivity index (χ0v) is 18.0. The number of carbonyl (C=O) groups is 1. The number of hydrogen-bond donors (Lipinski definition) is 2. The number of anilines is 1. The van der Waals surface area contributed by atoms with Gasteiger partial charge in [0.15, 0.2) is 10.8 Å². The van der Waals surface area contributed by atoms with E-state index in [0.29, 0.717) is 33.3 Å². The number of hydrogen-bond acceptors (Lipinski definition) is 6. The standard InChI is InChI=1S/C22H16FN7O2S/c1-33-22-24-11-18(29(22)14-8-6-13(23)7-9-14)21(32)28-16-4-2-3-5-17(16)30-19-15(10-27-30)20(31)26-12-25-19/h2-12H,1H3,(H,28,32)(H,25,26,31). The molecule has 0 bridgehead atoms. The minimum absolute atomic E-state index is 0.278. The molecule has 11 heteroatoms. The number of aromatic amines is 1. The second-order valence-corrected chi connectivity index (χ2v) is 7.71. The van der Waals surface area contributed by atoms with Crippen molar-refractivity contribution >= 4 is 34.4 Å². The van der Waals surface area contributed by atoms with Crippen molar-refractivity contribution < 1.29 is 9.18 Å². The molecule has 0 spiro atoms. The van der Waals surface area contributed by atoms with Crippen LogP contribution in [0.3, 0.4) is 0 Å². The number of fused-ring (bicyclic) bond motifs is 1. The predicted octanol–water partition coefficient (Wildman–Crippen LogP) is 3.41. The monoisotopic (exact) mass is 461 g/mol. The summed E-state index contributed by atoms with van der Waals surface area (Å²) >= 11 is 1.37. The molecule has 3 heterocycles. The maximum Gasteiger partial charge on any atom is 0.274 e. The van der Waals surface area contributed by atoms with Crippen molar-refractivity contribution in [3.63, 3.8) is 0 Å². The average Bonchev–Trinajstić information content (AvgIpc) is 3.45. The molecule has 33 heavy (non-hydrogen) atoms. The lowest BCUT2D eigenvalue weighted by atomic mass is 10.2. The lowest BCUT2D eigenvalue weighted by Crippen LogP contribution is -2.18. The summed E-state index contributed by atoms with van der Waals surface area (Å²) in [5, 5.41) is 8.10. The van der Waals surface area contributed by atoms with Crippen LogP contribution in [-0.2, 0) is 0 Å². The van der Waals surface area contributed by atoms with Crippen molar-refractivity contribution in [2.45, 2.75) is 5.16 Å². The molecule has 0 atom stereocenters. The maximum atomic E-state index is 13.4. The van der Waals surface area contributed by atoms with Crippen molar-refractivity contribution in [2.75, 3.05) is 11.6 Å². The number of aromatic nitrogens is 6. The number of benzene rings is 2. The fourth-order valence-electron chi connectivity index (χ4n) is 3.46. The summed E-state index contributed by atoms with van der Waals surface area (Å²) in [5.41, 5.74) is 1.95. The van der Waals surface area contributed by atoms with Gasteiger partial charge in [0.2, 0.25) is 0 Å². The van der Waals surface area contributed by atoms with E-state index in [1.165, 1.54) is 47.3 Å². The molecule has 9 nitrogen and oxygen atoms in total. The third-order valence-corrected chi connectivity index (χ3v) is 5.63. The number of nitrogens with zero attached hydrogens (tertiary/aromatic N) is 5. The number of nitrogens with one attached hydrogen (secondary N) is 2. The number of para-hydroxylation sites is 2. The fourth-order valence-corrected chi connectivity index (χ4v) is 4.01. The number of H-pyrrole nitrogens is 1. The van der Waals surface area contributed by atoms with Gasteiger partial charge in [-0.3, -0.25) is 14.2 Å². The second-order valence-electron chi connectivity index (χ2n) is 6.94. The van der Waals surface area contributed by atoms with Gasteiger partial charge in [0, 0.05) is 5.69 Å². The van der Waals surface area contributed by atoms with Crippen LogP contribution < -0.4 is 10.9 Å². The predicted molar refractivity (Wildman–Crippen MR) is 123 cm³/mol. The van der Waals surface area contributed by atoms with Gasteiger partial charge in [0.25, 0.3) is 11.5 Å². The smallest absolute Gasteiger partial charge is 0.274 e. The van der Waals surface area contributed by atoms with Crippen molar-refractivity contribution in [2.24, 2.45) is 0 Å². The Morgan fingerprint density at radius 1 is 1.09 bits per heavy atom. The normalized spacial score (nSPS) is 11.1. The first kappa shape index (κ1) is 20.6. The minimum Gasteiger partial charge on any atom is -0.319 e. The Balaban J connectivity index is 1.55. The number of imidazole rings is 1. The highest BCUT2D eigenvalue weighted by Gasteiger charge is 2.20. The second kappa shape index (κ2) is 8.36. The number of amides is 1. The lowest BCUT2D eigenvalue weighted by Gasteiger charge is -2.14. The Hall–Kier alpha value is -4.25. The first-order valence-corrected chi connectivity index (χ1v) is 11.0. The Kier molecular flexibility index (Phi) is 5.23. The summed E-state index contributed by atoms with van der Waals surface area (Å²) in [6.45, 7) is 0. The molecule has 0 saturated heterocycles. The number of thioether (sulfide) groups is 1. The van der Waals surface area contributed by atoms with Gasteiger partial charge in [-0.05, 0) is 42.7 Å². The van der Waals surface area contributed by atoms with Gasteiger partial charge in [-0.1, -0.05) is 23.9 Å². The molecule has 164 valence electrons. The number of rotatable bonds is 5. The molecule has 2 N–H and O–H groups in total. The van der Waals surface area contributed by atoms with Crippen molar-refractivity contribution in [3.05, 3.63) is 89.1 Å². The summed E-state index contributed by atoms with van der Waals surface area (Å²) in [6.07, 6.45) is 6.04. The van der Waals surface area contributed by atoms with E-state index >= 15 is 0 Å². The van der Waals surface area contributed by atoms with Gasteiger partial charge in [-0.15, -0.1) is 0 Å². The van der Waals surface area contributed by atoms with Crippen LogP contribution in [0.5, 0.6) is 0 Å². The Bertz CT molecular complexity index is 1540. The van der Waals surface area contributed by atoms with Crippen LogP contribution in [0, 0.1) is 5.82 Å². The summed E-state index contributed by atoms with van der Waals surface area (Å²) < 4.78 is 16.6. The van der Waals surface area contributed by atoms with Gasteiger partial charge in [-0.25, -0.2) is 19.0 Å². The van der Waals surface area contributed by atoms with E-state index in [0.717, 1.165) is 0 Å². The molecule has 5 rings (SSSR count). The molecule has 3 aromatic heterocycles. The molecule has 0 radical (unpaired) electrons. The first-order valence-electron chi connectivity index (χ1n) is 9.76. The van der Waals surface area contributed by atoms with E-state index in [9.17, 15) is 14.0 Å². The van der Waals surface area contributed by atoms with E-state index in [4.69, 9.17) is 0 Å². The molecule has 0 aliphatic carbocycles. The highest BCUT2D eigenvalue weighted by molar-refractivity contribution is 7.98. The fraction of sp³-hybridized carbons (Fsp3) is 0.0455. The summed E-state index contributed by atoms with van der Waals surface area (Å²) in [6, 6.07) is 12.9. The summed E-state index contributed by atoms with van der Waals surface area (Å²) in [4.78, 5) is 36.4. The zero-order valence-electron chi connectivity index (χ0n) is 17.2. The first-order chi connectivity index (χ1) is 16.1. The van der Waals surface area contributed by atoms with Crippen LogP contribution >= 0.6 is 11.8 Å². The van der Waals surface area contributed by atoms with Crippen molar-refractivity contribution in [1.29, 1.82) is 0 Å². The topological polar surface area (TPSA) is 110 Å². The van der Waals surface area contributed by atoms with Gasteiger partial charge < -0.3 is 10.3 Å². The van der Waals surface area contributed by atoms with Crippen LogP contribution in [0.1, 0.15) is 10.5 Å². The van der Waals surface area contributed by atoms with Gasteiger partial charge in [-0.2, -0.15) is 5.10 Å². The molecular formula is C22H16FN7O2S. The van der Waals surface area contributed by atoms with Gasteiger partial charge >= 0.3 is 0 Å². The van der Waals surface area contributed by atoms with Crippen LogP contribution in [0.15, 0.2) is 77.2 Å². The zero-order chi connectivity index (χ0) is 22.9. The van der Waals surface area contributed by atoms with Crippen LogP contribution in [-0.4, -0.2) is 41.5 Å². The summed E-state index contributed by atoms with van der Waals surface area (Å²) in [7, 11) is 0. The third kappa shape index (κ3) is 3.68. The van der Waals surface area contributed by atoms with Gasteiger partial charge in [0.1, 0.15) is 16.9 Å². The quantitative estimate of drug-likeness (QED) is 0.388. The molecule has 1 amide bonds. The highest BCUT2D eigenvalue weighted by Crippen LogP contribution is 2.25. The molecule has 0 aliphatic heterocycles. The SMILES string of the molecule is CSc1ncc(C(=O)Nc2ccccc2-n2ncc3c(=O)[nH]cnc32)n1-c1ccc(F)cc1. The van der Waals surface area contributed by atoms with Gasteiger partial charge in [0.05, 0.1) is 30.1 Å². The highest BCUT2D eigenvalue weighted by atomic mass is 32.2. The molecular weight excluding hydrogens is 445 g/mol. The molecule has 0 saturated carbocycles. The molecule has 0 fully saturated rings. The van der Waals surface area contributed by atoms with Crippen molar-refractivity contribution in [3.8, 4) is 11.4 Å². The third-order valence-electron chi connectivity index (χ3n) is 4.98.